The molecule has 1 unspecified atom stereocenters. The highest BCUT2D eigenvalue weighted by Gasteiger charge is 2.08. The fourth-order valence-corrected chi connectivity index (χ4v) is 0.482. The monoisotopic (exact) mass is 145 g/mol. The lowest BCUT2D eigenvalue weighted by atomic mass is 10.1. The minimum Gasteiger partial charge on any atom is -0.481 e. The van der Waals surface area contributed by atoms with Gasteiger partial charge in [-0.3, -0.25) is 9.59 Å². The number of hydrogen-bond donors (Lipinski definition) is 2. The SMILES string of the molecule is CC(CCNC=O)C(=O)O. The zero-order chi connectivity index (χ0) is 7.98. The van der Waals surface area contributed by atoms with Crippen LogP contribution in [0.15, 0.2) is 0 Å². The number of amides is 1. The van der Waals surface area contributed by atoms with Crippen molar-refractivity contribution in [1.82, 2.24) is 5.32 Å². The summed E-state index contributed by atoms with van der Waals surface area (Å²) >= 11 is 0. The van der Waals surface area contributed by atoms with Gasteiger partial charge in [0.2, 0.25) is 6.41 Å². The Morgan fingerprint density at radius 1 is 1.80 bits per heavy atom. The molecule has 0 fully saturated rings. The normalized spacial score (nSPS) is 12.1. The summed E-state index contributed by atoms with van der Waals surface area (Å²) in [5.41, 5.74) is 0. The molecule has 0 heterocycles. The maximum absolute atomic E-state index is 10.2. The molecular formula is C6H11NO3. The van der Waals surface area contributed by atoms with Crippen LogP contribution in [-0.4, -0.2) is 24.0 Å². The molecule has 10 heavy (non-hydrogen) atoms. The van der Waals surface area contributed by atoms with Crippen LogP contribution in [0.1, 0.15) is 13.3 Å². The summed E-state index contributed by atoms with van der Waals surface area (Å²) in [7, 11) is 0. The van der Waals surface area contributed by atoms with Gasteiger partial charge in [0, 0.05) is 6.54 Å². The predicted octanol–water partition coefficient (Wildman–Crippen LogP) is -0.157. The molecule has 4 heteroatoms. The van der Waals surface area contributed by atoms with Crippen LogP contribution in [0.4, 0.5) is 0 Å². The summed E-state index contributed by atoms with van der Waals surface area (Å²) in [4.78, 5) is 19.9. The second-order valence-electron chi connectivity index (χ2n) is 2.10. The maximum Gasteiger partial charge on any atom is 0.306 e. The molecule has 0 saturated heterocycles. The van der Waals surface area contributed by atoms with Gasteiger partial charge in [0.1, 0.15) is 0 Å². The summed E-state index contributed by atoms with van der Waals surface area (Å²) < 4.78 is 0. The van der Waals surface area contributed by atoms with Crippen molar-refractivity contribution in [3.05, 3.63) is 0 Å². The quantitative estimate of drug-likeness (QED) is 0.417. The van der Waals surface area contributed by atoms with Gasteiger partial charge in [-0.15, -0.1) is 0 Å². The van der Waals surface area contributed by atoms with Gasteiger partial charge in [-0.05, 0) is 6.42 Å². The minimum atomic E-state index is -0.826. The Bertz CT molecular complexity index is 124. The molecule has 0 saturated carbocycles. The van der Waals surface area contributed by atoms with Crippen molar-refractivity contribution in [2.24, 2.45) is 5.92 Å². The summed E-state index contributed by atoms with van der Waals surface area (Å²) in [5.74, 6) is -1.21. The Kier molecular flexibility index (Phi) is 4.28. The second kappa shape index (κ2) is 4.78. The first-order valence-corrected chi connectivity index (χ1v) is 3.08. The summed E-state index contributed by atoms with van der Waals surface area (Å²) in [5, 5.41) is 10.8. The van der Waals surface area contributed by atoms with E-state index in [1.165, 1.54) is 0 Å². The third-order valence-corrected chi connectivity index (χ3v) is 1.23. The minimum absolute atomic E-state index is 0.382. The predicted molar refractivity (Wildman–Crippen MR) is 35.5 cm³/mol. The van der Waals surface area contributed by atoms with Crippen molar-refractivity contribution < 1.29 is 14.7 Å². The van der Waals surface area contributed by atoms with Crippen LogP contribution >= 0.6 is 0 Å². The third kappa shape index (κ3) is 3.88. The van der Waals surface area contributed by atoms with Crippen molar-refractivity contribution in [3.8, 4) is 0 Å². The van der Waals surface area contributed by atoms with Crippen molar-refractivity contribution in [3.63, 3.8) is 0 Å². The van der Waals surface area contributed by atoms with Crippen LogP contribution in [0, 0.1) is 5.92 Å². The van der Waals surface area contributed by atoms with E-state index < -0.39 is 5.97 Å². The molecule has 4 nitrogen and oxygen atoms in total. The molecular weight excluding hydrogens is 134 g/mol. The molecule has 2 N–H and O–H groups in total. The van der Waals surface area contributed by atoms with Gasteiger partial charge in [-0.25, -0.2) is 0 Å². The number of rotatable bonds is 5. The lowest BCUT2D eigenvalue weighted by Crippen LogP contribution is -2.19. The Labute approximate surface area is 59.2 Å². The van der Waals surface area contributed by atoms with E-state index in [-0.39, 0.29) is 5.92 Å². The molecule has 0 aliphatic carbocycles. The Balaban J connectivity index is 3.30. The number of aliphatic carboxylic acids is 1. The molecule has 1 atom stereocenters. The third-order valence-electron chi connectivity index (χ3n) is 1.23. The second-order valence-corrected chi connectivity index (χ2v) is 2.10. The summed E-state index contributed by atoms with van der Waals surface area (Å²) in [6.45, 7) is 2.03. The summed E-state index contributed by atoms with van der Waals surface area (Å²) in [6, 6.07) is 0. The van der Waals surface area contributed by atoms with Gasteiger partial charge >= 0.3 is 5.97 Å². The lowest BCUT2D eigenvalue weighted by Gasteiger charge is -2.03. The van der Waals surface area contributed by atoms with Crippen molar-refractivity contribution in [1.29, 1.82) is 0 Å². The zero-order valence-electron chi connectivity index (χ0n) is 5.83. The van der Waals surface area contributed by atoms with E-state index in [1.807, 2.05) is 0 Å². The van der Waals surface area contributed by atoms with Crippen LogP contribution in [-0.2, 0) is 9.59 Å². The topological polar surface area (TPSA) is 66.4 Å². The molecule has 0 radical (unpaired) electrons. The van der Waals surface area contributed by atoms with Crippen LogP contribution in [0.25, 0.3) is 0 Å². The number of nitrogens with one attached hydrogen (secondary N) is 1. The van der Waals surface area contributed by atoms with E-state index in [4.69, 9.17) is 5.11 Å². The fourth-order valence-electron chi connectivity index (χ4n) is 0.482. The zero-order valence-corrected chi connectivity index (χ0v) is 5.83. The molecule has 0 spiro atoms. The van der Waals surface area contributed by atoms with E-state index in [9.17, 15) is 9.59 Å². The Hall–Kier alpha value is -1.06. The molecule has 0 aromatic rings. The van der Waals surface area contributed by atoms with Gasteiger partial charge in [0.15, 0.2) is 0 Å². The van der Waals surface area contributed by atoms with E-state index in [2.05, 4.69) is 5.32 Å². The first kappa shape index (κ1) is 8.94. The van der Waals surface area contributed by atoms with Gasteiger partial charge in [0.25, 0.3) is 0 Å². The maximum atomic E-state index is 10.2. The van der Waals surface area contributed by atoms with Crippen molar-refractivity contribution >= 4 is 12.4 Å². The van der Waals surface area contributed by atoms with Gasteiger partial charge in [-0.2, -0.15) is 0 Å². The highest BCUT2D eigenvalue weighted by atomic mass is 16.4. The van der Waals surface area contributed by atoms with Crippen LogP contribution < -0.4 is 5.32 Å². The smallest absolute Gasteiger partial charge is 0.306 e. The van der Waals surface area contributed by atoms with Gasteiger partial charge < -0.3 is 10.4 Å². The van der Waals surface area contributed by atoms with Crippen molar-refractivity contribution in [2.75, 3.05) is 6.54 Å². The van der Waals surface area contributed by atoms with Gasteiger partial charge in [0.05, 0.1) is 5.92 Å². The lowest BCUT2D eigenvalue weighted by molar-refractivity contribution is -0.141. The van der Waals surface area contributed by atoms with Crippen LogP contribution in [0.2, 0.25) is 0 Å². The number of carboxylic acids is 1. The average Bonchev–Trinajstić information content (AvgIpc) is 1.88. The summed E-state index contributed by atoms with van der Waals surface area (Å²) in [6.07, 6.45) is 1.04. The highest BCUT2D eigenvalue weighted by Crippen LogP contribution is 1.98. The first-order valence-electron chi connectivity index (χ1n) is 3.08. The molecule has 1 amide bonds. The number of carboxylic acid groups (broad SMARTS) is 1. The molecule has 58 valence electrons. The Morgan fingerprint density at radius 2 is 2.40 bits per heavy atom. The largest absolute Gasteiger partial charge is 0.481 e. The van der Waals surface area contributed by atoms with E-state index in [0.717, 1.165) is 0 Å². The molecule has 0 aromatic heterocycles. The van der Waals surface area contributed by atoms with Crippen molar-refractivity contribution in [2.45, 2.75) is 13.3 Å². The van der Waals surface area contributed by atoms with E-state index >= 15 is 0 Å². The fraction of sp³-hybridized carbons (Fsp3) is 0.667. The molecule has 0 aliphatic heterocycles. The molecule has 0 aliphatic rings. The van der Waals surface area contributed by atoms with E-state index in [0.29, 0.717) is 19.4 Å². The number of hydrogen-bond acceptors (Lipinski definition) is 2. The Morgan fingerprint density at radius 3 is 2.80 bits per heavy atom. The molecule has 0 aromatic carbocycles. The number of carbonyl (C=O) groups excluding carboxylic acids is 1. The van der Waals surface area contributed by atoms with Gasteiger partial charge in [-0.1, -0.05) is 6.92 Å². The van der Waals surface area contributed by atoms with E-state index in [1.54, 1.807) is 6.92 Å². The van der Waals surface area contributed by atoms with Crippen LogP contribution in [0.5, 0.6) is 0 Å². The highest BCUT2D eigenvalue weighted by molar-refractivity contribution is 5.69. The standard InChI is InChI=1S/C6H11NO3/c1-5(6(9)10)2-3-7-4-8/h4-5H,2-3H2,1H3,(H,7,8)(H,9,10). The van der Waals surface area contributed by atoms with Crippen LogP contribution in [0.3, 0.4) is 0 Å². The molecule has 0 bridgehead atoms. The molecule has 0 rings (SSSR count). The average molecular weight is 145 g/mol. The number of carbonyl (C=O) groups is 2. The first-order chi connectivity index (χ1) is 4.68.